The fourth-order valence-corrected chi connectivity index (χ4v) is 2.49. The molecule has 1 aliphatic rings. The van der Waals surface area contributed by atoms with E-state index in [0.29, 0.717) is 0 Å². The molecule has 0 aliphatic carbocycles. The SMILES string of the molecule is N[C@@H]1CCCN(c2ccc(-c3ccc(F)cc3)nn2)C1. The first-order valence-electron chi connectivity index (χ1n) is 6.82. The number of benzene rings is 1. The molecule has 0 unspecified atom stereocenters. The van der Waals surface area contributed by atoms with Crippen LogP contribution in [0, 0.1) is 5.82 Å². The lowest BCUT2D eigenvalue weighted by Gasteiger charge is -2.31. The second-order valence-electron chi connectivity index (χ2n) is 5.13. The highest BCUT2D eigenvalue weighted by molar-refractivity contribution is 5.59. The third-order valence-electron chi connectivity index (χ3n) is 3.57. The van der Waals surface area contributed by atoms with Gasteiger partial charge in [-0.15, -0.1) is 10.2 Å². The van der Waals surface area contributed by atoms with Gasteiger partial charge in [0.2, 0.25) is 0 Å². The number of nitrogens with two attached hydrogens (primary N) is 1. The first-order valence-corrected chi connectivity index (χ1v) is 6.82. The second-order valence-corrected chi connectivity index (χ2v) is 5.13. The number of halogens is 1. The molecule has 3 rings (SSSR count). The van der Waals surface area contributed by atoms with Crippen molar-refractivity contribution in [1.82, 2.24) is 10.2 Å². The first kappa shape index (κ1) is 13.0. The van der Waals surface area contributed by atoms with Crippen LogP contribution in [0.2, 0.25) is 0 Å². The molecule has 2 N–H and O–H groups in total. The van der Waals surface area contributed by atoms with E-state index in [4.69, 9.17) is 5.73 Å². The molecule has 20 heavy (non-hydrogen) atoms. The number of piperidine rings is 1. The molecule has 1 saturated heterocycles. The van der Waals surface area contributed by atoms with Crippen LogP contribution >= 0.6 is 0 Å². The van der Waals surface area contributed by atoms with E-state index in [1.54, 1.807) is 12.1 Å². The normalized spacial score (nSPS) is 19.1. The third-order valence-corrected chi connectivity index (χ3v) is 3.57. The number of hydrogen-bond donors (Lipinski definition) is 1. The highest BCUT2D eigenvalue weighted by atomic mass is 19.1. The smallest absolute Gasteiger partial charge is 0.151 e. The fraction of sp³-hybridized carbons (Fsp3) is 0.333. The summed E-state index contributed by atoms with van der Waals surface area (Å²) in [5, 5.41) is 8.49. The van der Waals surface area contributed by atoms with Gasteiger partial charge in [-0.3, -0.25) is 0 Å². The predicted octanol–water partition coefficient (Wildman–Crippen LogP) is 2.21. The quantitative estimate of drug-likeness (QED) is 0.910. The van der Waals surface area contributed by atoms with Crippen LogP contribution in [0.1, 0.15) is 12.8 Å². The molecule has 1 atom stereocenters. The highest BCUT2D eigenvalue weighted by Gasteiger charge is 2.18. The number of rotatable bonds is 2. The summed E-state index contributed by atoms with van der Waals surface area (Å²) in [5.41, 5.74) is 7.58. The lowest BCUT2D eigenvalue weighted by Crippen LogP contribution is -2.43. The van der Waals surface area contributed by atoms with Crippen molar-refractivity contribution in [2.24, 2.45) is 5.73 Å². The molecule has 1 aromatic carbocycles. The maximum Gasteiger partial charge on any atom is 0.151 e. The van der Waals surface area contributed by atoms with E-state index >= 15 is 0 Å². The molecular weight excluding hydrogens is 255 g/mol. The zero-order chi connectivity index (χ0) is 13.9. The molecule has 104 valence electrons. The topological polar surface area (TPSA) is 55.0 Å². The Balaban J connectivity index is 1.78. The average Bonchev–Trinajstić information content (AvgIpc) is 2.48. The van der Waals surface area contributed by atoms with Crippen LogP contribution in [0.4, 0.5) is 10.2 Å². The van der Waals surface area contributed by atoms with Crippen molar-refractivity contribution in [2.75, 3.05) is 18.0 Å². The van der Waals surface area contributed by atoms with Gasteiger partial charge in [0, 0.05) is 24.7 Å². The van der Waals surface area contributed by atoms with Gasteiger partial charge in [-0.2, -0.15) is 0 Å². The van der Waals surface area contributed by atoms with Gasteiger partial charge >= 0.3 is 0 Å². The maximum atomic E-state index is 12.9. The maximum absolute atomic E-state index is 12.9. The van der Waals surface area contributed by atoms with Crippen LogP contribution in [0.15, 0.2) is 36.4 Å². The van der Waals surface area contributed by atoms with E-state index in [0.717, 1.165) is 43.0 Å². The Bertz CT molecular complexity index is 567. The van der Waals surface area contributed by atoms with Gasteiger partial charge < -0.3 is 10.6 Å². The monoisotopic (exact) mass is 272 g/mol. The van der Waals surface area contributed by atoms with Gasteiger partial charge in [0.25, 0.3) is 0 Å². The predicted molar refractivity (Wildman–Crippen MR) is 76.8 cm³/mol. The largest absolute Gasteiger partial charge is 0.354 e. The molecule has 0 amide bonds. The highest BCUT2D eigenvalue weighted by Crippen LogP contribution is 2.20. The van der Waals surface area contributed by atoms with Crippen molar-refractivity contribution >= 4 is 5.82 Å². The molecule has 0 saturated carbocycles. The Labute approximate surface area is 117 Å². The summed E-state index contributed by atoms with van der Waals surface area (Å²) in [6.45, 7) is 1.79. The second kappa shape index (κ2) is 5.54. The Morgan fingerprint density at radius 2 is 1.90 bits per heavy atom. The first-order chi connectivity index (χ1) is 9.72. The minimum Gasteiger partial charge on any atom is -0.354 e. The van der Waals surface area contributed by atoms with Gasteiger partial charge in [0.1, 0.15) is 5.82 Å². The van der Waals surface area contributed by atoms with Crippen molar-refractivity contribution in [1.29, 1.82) is 0 Å². The summed E-state index contributed by atoms with van der Waals surface area (Å²) < 4.78 is 12.9. The van der Waals surface area contributed by atoms with E-state index in [1.807, 2.05) is 12.1 Å². The minimum atomic E-state index is -0.249. The molecule has 0 bridgehead atoms. The van der Waals surface area contributed by atoms with Gasteiger partial charge in [-0.25, -0.2) is 4.39 Å². The van der Waals surface area contributed by atoms with Crippen molar-refractivity contribution < 1.29 is 4.39 Å². The summed E-state index contributed by atoms with van der Waals surface area (Å²) in [7, 11) is 0. The summed E-state index contributed by atoms with van der Waals surface area (Å²) in [6.07, 6.45) is 2.15. The average molecular weight is 272 g/mol. The van der Waals surface area contributed by atoms with Crippen molar-refractivity contribution in [3.05, 3.63) is 42.2 Å². The molecule has 1 aliphatic heterocycles. The van der Waals surface area contributed by atoms with Gasteiger partial charge in [-0.1, -0.05) is 0 Å². The van der Waals surface area contributed by atoms with Gasteiger partial charge in [-0.05, 0) is 49.2 Å². The van der Waals surface area contributed by atoms with Crippen LogP contribution in [-0.2, 0) is 0 Å². The standard InChI is InChI=1S/C15H17FN4/c16-12-5-3-11(4-6-12)14-7-8-15(19-18-14)20-9-1-2-13(17)10-20/h3-8,13H,1-2,9-10,17H2/t13-/m1/s1. The van der Waals surface area contributed by atoms with Crippen LogP contribution in [0.25, 0.3) is 11.3 Å². The molecule has 1 aromatic heterocycles. The number of nitrogens with zero attached hydrogens (tertiary/aromatic N) is 3. The van der Waals surface area contributed by atoms with E-state index < -0.39 is 0 Å². The molecule has 5 heteroatoms. The summed E-state index contributed by atoms with van der Waals surface area (Å²) in [5.74, 6) is 0.603. The summed E-state index contributed by atoms with van der Waals surface area (Å²) >= 11 is 0. The van der Waals surface area contributed by atoms with E-state index in [-0.39, 0.29) is 11.9 Å². The van der Waals surface area contributed by atoms with Gasteiger partial charge in [0.15, 0.2) is 5.82 Å². The minimum absolute atomic E-state index is 0.210. The summed E-state index contributed by atoms with van der Waals surface area (Å²) in [6, 6.07) is 10.3. The van der Waals surface area contributed by atoms with Crippen LogP contribution in [0.3, 0.4) is 0 Å². The Morgan fingerprint density at radius 3 is 2.55 bits per heavy atom. The lowest BCUT2D eigenvalue weighted by atomic mass is 10.1. The van der Waals surface area contributed by atoms with Gasteiger partial charge in [0.05, 0.1) is 5.69 Å². The van der Waals surface area contributed by atoms with Crippen LogP contribution < -0.4 is 10.6 Å². The van der Waals surface area contributed by atoms with E-state index in [9.17, 15) is 4.39 Å². The van der Waals surface area contributed by atoms with Crippen LogP contribution in [-0.4, -0.2) is 29.3 Å². The van der Waals surface area contributed by atoms with E-state index in [2.05, 4.69) is 15.1 Å². The summed E-state index contributed by atoms with van der Waals surface area (Å²) in [4.78, 5) is 2.16. The number of aromatic nitrogens is 2. The third kappa shape index (κ3) is 2.77. The molecule has 0 radical (unpaired) electrons. The zero-order valence-corrected chi connectivity index (χ0v) is 11.2. The molecular formula is C15H17FN4. The Hall–Kier alpha value is -2.01. The molecule has 1 fully saturated rings. The molecule has 4 nitrogen and oxygen atoms in total. The Kier molecular flexibility index (Phi) is 3.60. The number of hydrogen-bond acceptors (Lipinski definition) is 4. The van der Waals surface area contributed by atoms with Crippen molar-refractivity contribution in [3.63, 3.8) is 0 Å². The molecule has 2 aromatic rings. The van der Waals surface area contributed by atoms with Crippen molar-refractivity contribution in [3.8, 4) is 11.3 Å². The fourth-order valence-electron chi connectivity index (χ4n) is 2.49. The molecule has 2 heterocycles. The van der Waals surface area contributed by atoms with Crippen LogP contribution in [0.5, 0.6) is 0 Å². The Morgan fingerprint density at radius 1 is 1.10 bits per heavy atom. The van der Waals surface area contributed by atoms with Crippen molar-refractivity contribution in [2.45, 2.75) is 18.9 Å². The molecule has 0 spiro atoms. The zero-order valence-electron chi connectivity index (χ0n) is 11.2. The van der Waals surface area contributed by atoms with E-state index in [1.165, 1.54) is 12.1 Å². The number of anilines is 1. The lowest BCUT2D eigenvalue weighted by molar-refractivity contribution is 0.502.